The van der Waals surface area contributed by atoms with Gasteiger partial charge in [-0.3, -0.25) is 9.69 Å². The molecule has 0 saturated carbocycles. The number of amides is 1. The molecule has 1 aliphatic heterocycles. The first-order chi connectivity index (χ1) is 13.2. The number of carbonyl (C=O) groups is 1. The zero-order valence-corrected chi connectivity index (χ0v) is 14.8. The Bertz CT molecular complexity index is 1160. The van der Waals surface area contributed by atoms with Gasteiger partial charge >= 0.3 is 0 Å². The third-order valence-corrected chi connectivity index (χ3v) is 4.99. The largest absolute Gasteiger partial charge is 0.296 e. The van der Waals surface area contributed by atoms with Crippen LogP contribution in [0.15, 0.2) is 84.9 Å². The summed E-state index contributed by atoms with van der Waals surface area (Å²) in [6.07, 6.45) is 0. The molecule has 0 aliphatic carbocycles. The fraction of sp³-hybridized carbons (Fsp3) is 0.0435. The molecule has 1 amide bonds. The smallest absolute Gasteiger partial charge is 0.259 e. The summed E-state index contributed by atoms with van der Waals surface area (Å²) in [6.45, 7) is 0. The molecule has 1 aromatic heterocycles. The maximum atomic E-state index is 13.2. The third-order valence-electron chi connectivity index (χ3n) is 4.99. The first-order valence-corrected chi connectivity index (χ1v) is 8.86. The number of hydrogen-bond donors (Lipinski definition) is 0. The number of benzene rings is 3. The van der Waals surface area contributed by atoms with E-state index in [4.69, 9.17) is 5.10 Å². The highest BCUT2D eigenvalue weighted by atomic mass is 16.2. The minimum absolute atomic E-state index is 0.0409. The Morgan fingerprint density at radius 3 is 2.15 bits per heavy atom. The number of rotatable bonds is 1. The van der Waals surface area contributed by atoms with Crippen molar-refractivity contribution in [2.24, 2.45) is 0 Å². The monoisotopic (exact) mass is 351 g/mol. The number of carbonyl (C=O) groups excluding carboxylic acids is 1. The predicted octanol–water partition coefficient (Wildman–Crippen LogP) is 4.80. The SMILES string of the molecule is CN1C(=O)c2ccccc2-c2ccccc2-n2nc(-c3ccccc3)cc21. The second-order valence-corrected chi connectivity index (χ2v) is 6.59. The van der Waals surface area contributed by atoms with Crippen LogP contribution in [0.4, 0.5) is 5.82 Å². The Kier molecular flexibility index (Phi) is 3.44. The van der Waals surface area contributed by atoms with Gasteiger partial charge in [0.25, 0.3) is 5.91 Å². The van der Waals surface area contributed by atoms with Crippen LogP contribution in [-0.2, 0) is 0 Å². The first-order valence-electron chi connectivity index (χ1n) is 8.86. The maximum Gasteiger partial charge on any atom is 0.259 e. The molecule has 0 N–H and O–H groups in total. The zero-order chi connectivity index (χ0) is 18.4. The van der Waals surface area contributed by atoms with Crippen LogP contribution in [0, 0.1) is 0 Å². The van der Waals surface area contributed by atoms with Crippen molar-refractivity contribution in [2.45, 2.75) is 0 Å². The summed E-state index contributed by atoms with van der Waals surface area (Å²) in [7, 11) is 1.80. The molecule has 3 aromatic carbocycles. The molecule has 0 unspecified atom stereocenters. The van der Waals surface area contributed by atoms with E-state index in [2.05, 4.69) is 0 Å². The van der Waals surface area contributed by atoms with Crippen LogP contribution in [0.2, 0.25) is 0 Å². The van der Waals surface area contributed by atoms with Gasteiger partial charge in [-0.1, -0.05) is 66.7 Å². The molecular weight excluding hydrogens is 334 g/mol. The van der Waals surface area contributed by atoms with E-state index in [1.165, 1.54) is 0 Å². The van der Waals surface area contributed by atoms with Gasteiger partial charge in [-0.2, -0.15) is 5.10 Å². The van der Waals surface area contributed by atoms with E-state index in [0.29, 0.717) is 5.56 Å². The molecule has 5 rings (SSSR count). The van der Waals surface area contributed by atoms with Gasteiger partial charge in [0.15, 0.2) is 0 Å². The van der Waals surface area contributed by atoms with E-state index in [9.17, 15) is 4.79 Å². The van der Waals surface area contributed by atoms with E-state index in [-0.39, 0.29) is 5.91 Å². The van der Waals surface area contributed by atoms with Gasteiger partial charge in [0.1, 0.15) is 5.82 Å². The Balaban J connectivity index is 1.83. The quantitative estimate of drug-likeness (QED) is 0.494. The Labute approximate surface area is 157 Å². The second kappa shape index (κ2) is 5.95. The van der Waals surface area contributed by atoms with Gasteiger partial charge < -0.3 is 0 Å². The number of anilines is 1. The van der Waals surface area contributed by atoms with Crippen LogP contribution in [-0.4, -0.2) is 22.7 Å². The lowest BCUT2D eigenvalue weighted by Gasteiger charge is -2.24. The van der Waals surface area contributed by atoms with Crippen LogP contribution in [0.25, 0.3) is 28.1 Å². The van der Waals surface area contributed by atoms with Crippen molar-refractivity contribution in [1.82, 2.24) is 9.78 Å². The minimum Gasteiger partial charge on any atom is -0.296 e. The second-order valence-electron chi connectivity index (χ2n) is 6.59. The molecule has 2 heterocycles. The molecule has 0 saturated heterocycles. The van der Waals surface area contributed by atoms with Crippen molar-refractivity contribution in [3.8, 4) is 28.1 Å². The standard InChI is InChI=1S/C23H17N3O/c1-25-22-15-20(16-9-3-2-4-10-16)24-26(22)21-14-8-7-12-18(21)17-11-5-6-13-19(17)23(25)27/h2-15H,1H3. The number of para-hydroxylation sites is 1. The Morgan fingerprint density at radius 1 is 0.741 bits per heavy atom. The summed E-state index contributed by atoms with van der Waals surface area (Å²) in [5.74, 6) is 0.710. The van der Waals surface area contributed by atoms with Crippen LogP contribution < -0.4 is 4.90 Å². The average molecular weight is 351 g/mol. The lowest BCUT2D eigenvalue weighted by Crippen LogP contribution is -2.30. The van der Waals surface area contributed by atoms with Gasteiger partial charge in [-0.05, 0) is 17.7 Å². The topological polar surface area (TPSA) is 38.1 Å². The normalized spacial score (nSPS) is 12.6. The Morgan fingerprint density at radius 2 is 1.37 bits per heavy atom. The van der Waals surface area contributed by atoms with Crippen molar-refractivity contribution in [1.29, 1.82) is 0 Å². The first kappa shape index (κ1) is 15.6. The van der Waals surface area contributed by atoms with E-state index in [1.54, 1.807) is 11.9 Å². The zero-order valence-electron chi connectivity index (χ0n) is 14.8. The molecule has 0 bridgehead atoms. The number of fused-ring (bicyclic) bond motifs is 5. The molecule has 130 valence electrons. The van der Waals surface area contributed by atoms with Gasteiger partial charge in [-0.15, -0.1) is 0 Å². The fourth-order valence-corrected chi connectivity index (χ4v) is 3.61. The highest BCUT2D eigenvalue weighted by molar-refractivity contribution is 6.11. The summed E-state index contributed by atoms with van der Waals surface area (Å²) < 4.78 is 1.87. The maximum absolute atomic E-state index is 13.2. The number of hydrogen-bond acceptors (Lipinski definition) is 2. The molecule has 4 nitrogen and oxygen atoms in total. The van der Waals surface area contributed by atoms with Gasteiger partial charge in [0, 0.05) is 29.8 Å². The van der Waals surface area contributed by atoms with E-state index < -0.39 is 0 Å². The van der Waals surface area contributed by atoms with Crippen LogP contribution in [0.1, 0.15) is 10.4 Å². The Hall–Kier alpha value is -3.66. The molecule has 0 spiro atoms. The molecule has 0 atom stereocenters. The molecule has 4 aromatic rings. The summed E-state index contributed by atoms with van der Waals surface area (Å²) in [4.78, 5) is 14.9. The molecular formula is C23H17N3O. The van der Waals surface area contributed by atoms with E-state index in [1.807, 2.05) is 89.6 Å². The molecule has 0 fully saturated rings. The van der Waals surface area contributed by atoms with Crippen LogP contribution >= 0.6 is 0 Å². The predicted molar refractivity (Wildman–Crippen MR) is 107 cm³/mol. The van der Waals surface area contributed by atoms with Crippen molar-refractivity contribution in [3.05, 3.63) is 90.5 Å². The summed E-state index contributed by atoms with van der Waals surface area (Å²) in [6, 6.07) is 27.8. The van der Waals surface area contributed by atoms with E-state index >= 15 is 0 Å². The third kappa shape index (κ3) is 2.38. The minimum atomic E-state index is -0.0409. The highest BCUT2D eigenvalue weighted by Crippen LogP contribution is 2.36. The van der Waals surface area contributed by atoms with Crippen LogP contribution in [0.5, 0.6) is 0 Å². The van der Waals surface area contributed by atoms with Crippen molar-refractivity contribution in [2.75, 3.05) is 11.9 Å². The van der Waals surface area contributed by atoms with Gasteiger partial charge in [-0.25, -0.2) is 4.68 Å². The molecule has 1 aliphatic rings. The van der Waals surface area contributed by atoms with Crippen LogP contribution in [0.3, 0.4) is 0 Å². The summed E-state index contributed by atoms with van der Waals surface area (Å²) in [5.41, 5.74) is 5.44. The number of nitrogens with zero attached hydrogens (tertiary/aromatic N) is 3. The van der Waals surface area contributed by atoms with E-state index in [0.717, 1.165) is 33.9 Å². The highest BCUT2D eigenvalue weighted by Gasteiger charge is 2.27. The molecule has 27 heavy (non-hydrogen) atoms. The summed E-state index contributed by atoms with van der Waals surface area (Å²) >= 11 is 0. The molecule has 4 heteroatoms. The van der Waals surface area contributed by atoms with Gasteiger partial charge in [0.05, 0.1) is 11.4 Å². The van der Waals surface area contributed by atoms with Gasteiger partial charge in [0.2, 0.25) is 0 Å². The van der Waals surface area contributed by atoms with Crippen molar-refractivity contribution >= 4 is 11.7 Å². The lowest BCUT2D eigenvalue weighted by atomic mass is 9.96. The van der Waals surface area contributed by atoms with Crippen molar-refractivity contribution in [3.63, 3.8) is 0 Å². The summed E-state index contributed by atoms with van der Waals surface area (Å²) in [5, 5.41) is 4.84. The molecule has 0 radical (unpaired) electrons. The fourth-order valence-electron chi connectivity index (χ4n) is 3.61. The number of aromatic nitrogens is 2. The average Bonchev–Trinajstić information content (AvgIpc) is 3.18. The van der Waals surface area contributed by atoms with Crippen molar-refractivity contribution < 1.29 is 4.79 Å². The lowest BCUT2D eigenvalue weighted by molar-refractivity contribution is 0.0992.